The van der Waals surface area contributed by atoms with E-state index >= 15 is 0 Å². The lowest BCUT2D eigenvalue weighted by atomic mass is 9.93. The molecule has 1 saturated heterocycles. The van der Waals surface area contributed by atoms with Crippen molar-refractivity contribution >= 4 is 26.1 Å². The molecule has 4 nitrogen and oxygen atoms in total. The van der Waals surface area contributed by atoms with Crippen LogP contribution in [0.1, 0.15) is 45.4 Å². The maximum Gasteiger partial charge on any atom is 0.282 e. The highest BCUT2D eigenvalue weighted by Crippen LogP contribution is 2.30. The Labute approximate surface area is 125 Å². The zero-order chi connectivity index (χ0) is 13.9. The first-order valence-electron chi connectivity index (χ1n) is 7.38. The predicted molar refractivity (Wildman–Crippen MR) is 81.6 cm³/mol. The monoisotopic (exact) mass is 352 g/mol. The first-order chi connectivity index (χ1) is 9.05. The molecule has 2 rings (SSSR count). The lowest BCUT2D eigenvalue weighted by molar-refractivity contribution is 0.193. The van der Waals surface area contributed by atoms with Crippen molar-refractivity contribution in [2.45, 2.75) is 51.5 Å². The molecule has 0 amide bonds. The van der Waals surface area contributed by atoms with Crippen molar-refractivity contribution in [1.82, 2.24) is 8.61 Å². The average Bonchev–Trinajstić information content (AvgIpc) is 2.32. The third-order valence-corrected chi connectivity index (χ3v) is 7.01. The van der Waals surface area contributed by atoms with Gasteiger partial charge in [0.1, 0.15) is 0 Å². The van der Waals surface area contributed by atoms with Crippen molar-refractivity contribution < 1.29 is 8.42 Å². The summed E-state index contributed by atoms with van der Waals surface area (Å²) in [5, 5.41) is 0.864. The molecule has 2 aliphatic rings. The number of hydrogen-bond donors (Lipinski definition) is 0. The SMILES string of the molecule is CC1CCN(S(=O)(=O)N(CCCBr)C2CCC2)CC1. The molecule has 0 atom stereocenters. The Morgan fingerprint density at radius 1 is 1.21 bits per heavy atom. The Bertz CT molecular complexity index is 376. The van der Waals surface area contributed by atoms with E-state index in [-0.39, 0.29) is 6.04 Å². The highest BCUT2D eigenvalue weighted by Gasteiger charge is 2.38. The minimum absolute atomic E-state index is 0.253. The summed E-state index contributed by atoms with van der Waals surface area (Å²) in [6.07, 6.45) is 6.12. The molecule has 0 radical (unpaired) electrons. The maximum absolute atomic E-state index is 12.8. The Hall–Kier alpha value is 0.350. The molecule has 0 aromatic heterocycles. The number of rotatable bonds is 6. The summed E-state index contributed by atoms with van der Waals surface area (Å²) in [6.45, 7) is 4.25. The van der Waals surface area contributed by atoms with Crippen LogP contribution in [0.4, 0.5) is 0 Å². The van der Waals surface area contributed by atoms with Gasteiger partial charge in [-0.1, -0.05) is 29.3 Å². The largest absolute Gasteiger partial charge is 0.282 e. The van der Waals surface area contributed by atoms with Crippen LogP contribution in [0.5, 0.6) is 0 Å². The second-order valence-electron chi connectivity index (χ2n) is 5.83. The van der Waals surface area contributed by atoms with Gasteiger partial charge in [0.05, 0.1) is 0 Å². The fraction of sp³-hybridized carbons (Fsp3) is 1.00. The molecule has 0 aromatic carbocycles. The van der Waals surface area contributed by atoms with E-state index in [4.69, 9.17) is 0 Å². The summed E-state index contributed by atoms with van der Waals surface area (Å²) >= 11 is 3.40. The second kappa shape index (κ2) is 6.87. The van der Waals surface area contributed by atoms with E-state index in [0.29, 0.717) is 25.6 Å². The summed E-state index contributed by atoms with van der Waals surface area (Å²) in [5.41, 5.74) is 0. The van der Waals surface area contributed by atoms with Gasteiger partial charge < -0.3 is 0 Å². The molecule has 0 bridgehead atoms. The molecule has 6 heteroatoms. The fourth-order valence-electron chi connectivity index (χ4n) is 2.74. The standard InChI is InChI=1S/C13H25BrN2O2S/c1-12-6-10-15(11-7-12)19(17,18)16(9-3-8-14)13-4-2-5-13/h12-13H,2-11H2,1H3. The Balaban J connectivity index is 2.04. The Morgan fingerprint density at radius 3 is 2.32 bits per heavy atom. The molecule has 112 valence electrons. The van der Waals surface area contributed by atoms with Gasteiger partial charge in [0, 0.05) is 31.0 Å². The number of halogens is 1. The van der Waals surface area contributed by atoms with E-state index in [1.807, 2.05) is 0 Å². The normalized spacial score (nSPS) is 23.7. The van der Waals surface area contributed by atoms with Crippen LogP contribution in [0, 0.1) is 5.92 Å². The molecule has 0 unspecified atom stereocenters. The van der Waals surface area contributed by atoms with E-state index in [1.165, 1.54) is 6.42 Å². The van der Waals surface area contributed by atoms with Crippen molar-refractivity contribution in [3.63, 3.8) is 0 Å². The van der Waals surface area contributed by atoms with Crippen LogP contribution in [0.2, 0.25) is 0 Å². The van der Waals surface area contributed by atoms with Gasteiger partial charge >= 0.3 is 0 Å². The number of piperidine rings is 1. The molecule has 1 saturated carbocycles. The minimum atomic E-state index is -3.23. The van der Waals surface area contributed by atoms with Crippen LogP contribution in [0.3, 0.4) is 0 Å². The van der Waals surface area contributed by atoms with Crippen LogP contribution >= 0.6 is 15.9 Å². The molecular weight excluding hydrogens is 328 g/mol. The molecule has 19 heavy (non-hydrogen) atoms. The highest BCUT2D eigenvalue weighted by atomic mass is 79.9. The Kier molecular flexibility index (Phi) is 5.69. The molecule has 1 heterocycles. The fourth-order valence-corrected chi connectivity index (χ4v) is 4.91. The molecule has 1 aliphatic heterocycles. The quantitative estimate of drug-likeness (QED) is 0.689. The van der Waals surface area contributed by atoms with E-state index < -0.39 is 10.2 Å². The summed E-state index contributed by atoms with van der Waals surface area (Å²) in [4.78, 5) is 0. The van der Waals surface area contributed by atoms with E-state index in [0.717, 1.165) is 37.4 Å². The third kappa shape index (κ3) is 3.71. The molecule has 0 spiro atoms. The van der Waals surface area contributed by atoms with Crippen LogP contribution < -0.4 is 0 Å². The number of hydrogen-bond acceptors (Lipinski definition) is 2. The highest BCUT2D eigenvalue weighted by molar-refractivity contribution is 9.09. The molecular formula is C13H25BrN2O2S. The lowest BCUT2D eigenvalue weighted by Crippen LogP contribution is -2.52. The van der Waals surface area contributed by atoms with Gasteiger partial charge in [-0.15, -0.1) is 0 Å². The first kappa shape index (κ1) is 15.7. The molecule has 0 aromatic rings. The average molecular weight is 353 g/mol. The van der Waals surface area contributed by atoms with Crippen molar-refractivity contribution in [2.75, 3.05) is 25.0 Å². The van der Waals surface area contributed by atoms with Gasteiger partial charge in [0.2, 0.25) is 0 Å². The van der Waals surface area contributed by atoms with Crippen LogP contribution in [-0.4, -0.2) is 48.0 Å². The summed E-state index contributed by atoms with van der Waals surface area (Å²) in [7, 11) is -3.23. The van der Waals surface area contributed by atoms with Gasteiger partial charge in [-0.3, -0.25) is 0 Å². The third-order valence-electron chi connectivity index (χ3n) is 4.36. The first-order valence-corrected chi connectivity index (χ1v) is 9.90. The lowest BCUT2D eigenvalue weighted by Gasteiger charge is -2.40. The van der Waals surface area contributed by atoms with Crippen LogP contribution in [0.15, 0.2) is 0 Å². The van der Waals surface area contributed by atoms with E-state index in [9.17, 15) is 8.42 Å². The molecule has 0 N–H and O–H groups in total. The van der Waals surface area contributed by atoms with Crippen molar-refractivity contribution in [3.05, 3.63) is 0 Å². The molecule has 1 aliphatic carbocycles. The van der Waals surface area contributed by atoms with Crippen LogP contribution in [-0.2, 0) is 10.2 Å². The topological polar surface area (TPSA) is 40.6 Å². The predicted octanol–water partition coefficient (Wildman–Crippen LogP) is 2.60. The number of nitrogens with zero attached hydrogens (tertiary/aromatic N) is 2. The summed E-state index contributed by atoms with van der Waals surface area (Å²) in [5.74, 6) is 0.658. The van der Waals surface area contributed by atoms with Crippen LogP contribution in [0.25, 0.3) is 0 Å². The summed E-state index contributed by atoms with van der Waals surface area (Å²) < 4.78 is 29.0. The zero-order valence-electron chi connectivity index (χ0n) is 11.7. The van der Waals surface area contributed by atoms with Gasteiger partial charge in [-0.25, -0.2) is 0 Å². The maximum atomic E-state index is 12.8. The van der Waals surface area contributed by atoms with Gasteiger partial charge in [-0.2, -0.15) is 17.0 Å². The van der Waals surface area contributed by atoms with Crippen molar-refractivity contribution in [2.24, 2.45) is 5.92 Å². The number of alkyl halides is 1. The second-order valence-corrected chi connectivity index (χ2v) is 8.50. The Morgan fingerprint density at radius 2 is 1.84 bits per heavy atom. The van der Waals surface area contributed by atoms with Gasteiger partial charge in [0.15, 0.2) is 0 Å². The summed E-state index contributed by atoms with van der Waals surface area (Å²) in [6, 6.07) is 0.253. The van der Waals surface area contributed by atoms with Crippen molar-refractivity contribution in [1.29, 1.82) is 0 Å². The minimum Gasteiger partial charge on any atom is -0.195 e. The smallest absolute Gasteiger partial charge is 0.195 e. The van der Waals surface area contributed by atoms with E-state index in [1.54, 1.807) is 8.61 Å². The van der Waals surface area contributed by atoms with Crippen molar-refractivity contribution in [3.8, 4) is 0 Å². The molecule has 2 fully saturated rings. The van der Waals surface area contributed by atoms with E-state index in [2.05, 4.69) is 22.9 Å². The van der Waals surface area contributed by atoms with Gasteiger partial charge in [-0.05, 0) is 38.0 Å². The van der Waals surface area contributed by atoms with Gasteiger partial charge in [0.25, 0.3) is 10.2 Å². The zero-order valence-corrected chi connectivity index (χ0v) is 14.1.